The van der Waals surface area contributed by atoms with Gasteiger partial charge >= 0.3 is 6.18 Å². The lowest BCUT2D eigenvalue weighted by Crippen LogP contribution is -2.17. The first-order valence-electron chi connectivity index (χ1n) is 10.1. The molecular formula is C23H19F3N4O. The Hall–Kier alpha value is -3.42. The Labute approximate surface area is 175 Å². The van der Waals surface area contributed by atoms with Crippen molar-refractivity contribution in [2.75, 3.05) is 0 Å². The Kier molecular flexibility index (Phi) is 4.46. The minimum atomic E-state index is -4.36. The molecule has 31 heavy (non-hydrogen) atoms. The molecule has 5 nitrogen and oxygen atoms in total. The molecule has 1 fully saturated rings. The number of hydrogen-bond donors (Lipinski definition) is 1. The van der Waals surface area contributed by atoms with Gasteiger partial charge in [0.25, 0.3) is 11.3 Å². The zero-order valence-corrected chi connectivity index (χ0v) is 16.5. The fourth-order valence-corrected chi connectivity index (χ4v) is 4.01. The van der Waals surface area contributed by atoms with Crippen molar-refractivity contribution in [1.29, 1.82) is 0 Å². The quantitative estimate of drug-likeness (QED) is 0.502. The highest BCUT2D eigenvalue weighted by molar-refractivity contribution is 5.56. The molecule has 1 aliphatic rings. The minimum absolute atomic E-state index is 0.265. The van der Waals surface area contributed by atoms with Crippen LogP contribution in [0.25, 0.3) is 17.2 Å². The molecular weight excluding hydrogens is 405 g/mol. The summed E-state index contributed by atoms with van der Waals surface area (Å²) < 4.78 is 40.6. The van der Waals surface area contributed by atoms with Gasteiger partial charge < -0.3 is 0 Å². The van der Waals surface area contributed by atoms with Crippen LogP contribution in [0.2, 0.25) is 0 Å². The molecule has 2 aromatic carbocycles. The van der Waals surface area contributed by atoms with Gasteiger partial charge in [-0.3, -0.25) is 9.89 Å². The number of hydrogen-bond acceptors (Lipinski definition) is 3. The second-order valence-electron chi connectivity index (χ2n) is 8.02. The van der Waals surface area contributed by atoms with E-state index in [2.05, 4.69) is 15.1 Å². The maximum absolute atomic E-state index is 13.1. The van der Waals surface area contributed by atoms with Crippen molar-refractivity contribution in [1.82, 2.24) is 19.6 Å². The SMILES string of the molecule is O=c1cc(CCC2(c3cccc(C(F)(F)F)c3)CC2)nc2nc(-c3ccccc3)[nH]n12. The van der Waals surface area contributed by atoms with Gasteiger partial charge in [0.15, 0.2) is 5.82 Å². The molecule has 2 heterocycles. The molecule has 0 saturated heterocycles. The average molecular weight is 424 g/mol. The first-order valence-corrected chi connectivity index (χ1v) is 10.1. The topological polar surface area (TPSA) is 63.0 Å². The lowest BCUT2D eigenvalue weighted by Gasteiger charge is -2.17. The normalized spacial score (nSPS) is 15.3. The number of halogens is 3. The minimum Gasteiger partial charge on any atom is -0.271 e. The highest BCUT2D eigenvalue weighted by Crippen LogP contribution is 2.52. The lowest BCUT2D eigenvalue weighted by molar-refractivity contribution is -0.137. The van der Waals surface area contributed by atoms with Crippen LogP contribution in [-0.2, 0) is 18.0 Å². The number of aryl methyl sites for hydroxylation is 1. The predicted octanol–water partition coefficient (Wildman–Crippen LogP) is 4.77. The van der Waals surface area contributed by atoms with Crippen LogP contribution in [0.1, 0.15) is 36.1 Å². The van der Waals surface area contributed by atoms with Crippen LogP contribution in [-0.4, -0.2) is 19.6 Å². The third kappa shape index (κ3) is 3.73. The van der Waals surface area contributed by atoms with E-state index in [9.17, 15) is 18.0 Å². The van der Waals surface area contributed by atoms with Crippen molar-refractivity contribution in [3.63, 3.8) is 0 Å². The molecule has 0 bridgehead atoms. The third-order valence-electron chi connectivity index (χ3n) is 5.95. The van der Waals surface area contributed by atoms with Gasteiger partial charge in [-0.1, -0.05) is 48.5 Å². The fourth-order valence-electron chi connectivity index (χ4n) is 4.01. The second kappa shape index (κ2) is 7.08. The molecule has 0 spiro atoms. The van der Waals surface area contributed by atoms with Crippen LogP contribution in [0.5, 0.6) is 0 Å². The monoisotopic (exact) mass is 424 g/mol. The summed E-state index contributed by atoms with van der Waals surface area (Å²) in [6, 6.07) is 16.5. The number of H-pyrrole nitrogens is 1. The Morgan fingerprint density at radius 2 is 1.77 bits per heavy atom. The smallest absolute Gasteiger partial charge is 0.271 e. The molecule has 4 aromatic rings. The molecule has 1 N–H and O–H groups in total. The standard InChI is InChI=1S/C23H19F3N4O/c24-23(25,26)17-8-4-7-16(13-17)22(11-12-22)10-9-18-14-19(31)30-21(27-18)28-20(29-30)15-5-2-1-3-6-15/h1-8,13-14H,9-12H2,(H,27,28,29). The van der Waals surface area contributed by atoms with Gasteiger partial charge in [-0.15, -0.1) is 0 Å². The number of aromatic amines is 1. The Bertz CT molecular complexity index is 1300. The number of nitrogens with one attached hydrogen (secondary N) is 1. The van der Waals surface area contributed by atoms with Crippen LogP contribution >= 0.6 is 0 Å². The molecule has 0 unspecified atom stereocenters. The lowest BCUT2D eigenvalue weighted by atomic mass is 9.89. The van der Waals surface area contributed by atoms with Crippen molar-refractivity contribution in [2.24, 2.45) is 0 Å². The van der Waals surface area contributed by atoms with Crippen molar-refractivity contribution >= 4 is 5.78 Å². The van der Waals surface area contributed by atoms with E-state index in [0.717, 1.165) is 24.5 Å². The van der Waals surface area contributed by atoms with Crippen molar-refractivity contribution in [3.8, 4) is 11.4 Å². The first kappa shape index (κ1) is 19.5. The van der Waals surface area contributed by atoms with E-state index >= 15 is 0 Å². The fraction of sp³-hybridized carbons (Fsp3) is 0.261. The van der Waals surface area contributed by atoms with E-state index in [4.69, 9.17) is 0 Å². The summed E-state index contributed by atoms with van der Waals surface area (Å²) in [5.74, 6) is 0.829. The zero-order chi connectivity index (χ0) is 21.6. The van der Waals surface area contributed by atoms with Gasteiger partial charge in [0.2, 0.25) is 0 Å². The Morgan fingerprint density at radius 1 is 1.00 bits per heavy atom. The Balaban J connectivity index is 1.39. The van der Waals surface area contributed by atoms with E-state index in [1.807, 2.05) is 30.3 Å². The number of nitrogens with zero attached hydrogens (tertiary/aromatic N) is 3. The number of rotatable bonds is 5. The molecule has 1 aliphatic carbocycles. The first-order chi connectivity index (χ1) is 14.8. The molecule has 8 heteroatoms. The molecule has 5 rings (SSSR count). The van der Waals surface area contributed by atoms with E-state index < -0.39 is 11.7 Å². The summed E-state index contributed by atoms with van der Waals surface area (Å²) in [6.07, 6.45) is -1.57. The molecule has 158 valence electrons. The summed E-state index contributed by atoms with van der Waals surface area (Å²) in [6.45, 7) is 0. The van der Waals surface area contributed by atoms with Crippen LogP contribution < -0.4 is 5.56 Å². The van der Waals surface area contributed by atoms with E-state index in [-0.39, 0.29) is 16.8 Å². The number of aromatic nitrogens is 4. The van der Waals surface area contributed by atoms with E-state index in [1.54, 1.807) is 6.07 Å². The van der Waals surface area contributed by atoms with Crippen LogP contribution in [0.15, 0.2) is 65.5 Å². The van der Waals surface area contributed by atoms with Gasteiger partial charge in [0.1, 0.15) is 0 Å². The molecule has 0 amide bonds. The number of alkyl halides is 3. The molecule has 2 aromatic heterocycles. The van der Waals surface area contributed by atoms with Crippen molar-refractivity contribution < 1.29 is 13.2 Å². The van der Waals surface area contributed by atoms with Gasteiger partial charge in [0.05, 0.1) is 11.3 Å². The third-order valence-corrected chi connectivity index (χ3v) is 5.95. The highest BCUT2D eigenvalue weighted by Gasteiger charge is 2.44. The zero-order valence-electron chi connectivity index (χ0n) is 16.5. The van der Waals surface area contributed by atoms with E-state index in [1.165, 1.54) is 22.7 Å². The van der Waals surface area contributed by atoms with Gasteiger partial charge in [0, 0.05) is 11.6 Å². The predicted molar refractivity (Wildman–Crippen MR) is 110 cm³/mol. The molecule has 0 aliphatic heterocycles. The highest BCUT2D eigenvalue weighted by atomic mass is 19.4. The second-order valence-corrected chi connectivity index (χ2v) is 8.02. The molecule has 1 saturated carbocycles. The maximum atomic E-state index is 13.1. The van der Waals surface area contributed by atoms with Crippen molar-refractivity contribution in [3.05, 3.63) is 87.8 Å². The summed E-state index contributed by atoms with van der Waals surface area (Å²) in [4.78, 5) is 21.5. The maximum Gasteiger partial charge on any atom is 0.416 e. The van der Waals surface area contributed by atoms with Crippen molar-refractivity contribution in [2.45, 2.75) is 37.3 Å². The summed E-state index contributed by atoms with van der Waals surface area (Å²) in [5.41, 5.74) is 0.961. The number of fused-ring (bicyclic) bond motifs is 1. The average Bonchev–Trinajstić information content (AvgIpc) is 3.43. The van der Waals surface area contributed by atoms with Crippen LogP contribution in [0.4, 0.5) is 13.2 Å². The molecule has 0 radical (unpaired) electrons. The van der Waals surface area contributed by atoms with E-state index in [0.29, 0.717) is 29.9 Å². The van der Waals surface area contributed by atoms with Crippen LogP contribution in [0, 0.1) is 0 Å². The molecule has 0 atom stereocenters. The summed E-state index contributed by atoms with van der Waals surface area (Å²) in [7, 11) is 0. The Morgan fingerprint density at radius 3 is 2.48 bits per heavy atom. The van der Waals surface area contributed by atoms with Gasteiger partial charge in [-0.05, 0) is 42.7 Å². The van der Waals surface area contributed by atoms with Gasteiger partial charge in [-0.25, -0.2) is 4.98 Å². The summed E-state index contributed by atoms with van der Waals surface area (Å²) in [5, 5.41) is 2.96. The van der Waals surface area contributed by atoms with Gasteiger partial charge in [-0.2, -0.15) is 22.7 Å². The summed E-state index contributed by atoms with van der Waals surface area (Å²) >= 11 is 0. The number of benzene rings is 2. The van der Waals surface area contributed by atoms with Crippen LogP contribution in [0.3, 0.4) is 0 Å². The largest absolute Gasteiger partial charge is 0.416 e.